The zero-order valence-electron chi connectivity index (χ0n) is 11.6. The van der Waals surface area contributed by atoms with E-state index < -0.39 is 5.54 Å². The van der Waals surface area contributed by atoms with Gasteiger partial charge in [-0.05, 0) is 38.0 Å². The Kier molecular flexibility index (Phi) is 3.53. The van der Waals surface area contributed by atoms with Gasteiger partial charge in [-0.15, -0.1) is 0 Å². The van der Waals surface area contributed by atoms with Gasteiger partial charge in [-0.25, -0.2) is 0 Å². The lowest BCUT2D eigenvalue weighted by Gasteiger charge is -2.41. The van der Waals surface area contributed by atoms with Crippen molar-refractivity contribution in [2.75, 3.05) is 26.8 Å². The molecule has 0 aromatic carbocycles. The van der Waals surface area contributed by atoms with Crippen molar-refractivity contribution in [3.05, 3.63) is 0 Å². The van der Waals surface area contributed by atoms with Crippen molar-refractivity contribution >= 4 is 5.97 Å². The Balaban J connectivity index is 1.72. The molecular formula is C14H24N2O3. The lowest BCUT2D eigenvalue weighted by molar-refractivity contribution is -0.150. The smallest absolute Gasteiger partial charge is 0.327 e. The highest BCUT2D eigenvalue weighted by Gasteiger charge is 2.51. The number of nitrogens with two attached hydrogens (primary N) is 1. The van der Waals surface area contributed by atoms with E-state index in [1.807, 2.05) is 0 Å². The SMILES string of the molecule is COC(=O)C(N)(CN1CCOC2CCCC21)C1CC1. The third-order valence-corrected chi connectivity index (χ3v) is 4.93. The van der Waals surface area contributed by atoms with Gasteiger partial charge in [0.2, 0.25) is 0 Å². The van der Waals surface area contributed by atoms with E-state index in [1.54, 1.807) is 0 Å². The molecule has 1 aliphatic heterocycles. The molecule has 0 radical (unpaired) electrons. The third-order valence-electron chi connectivity index (χ3n) is 4.93. The summed E-state index contributed by atoms with van der Waals surface area (Å²) in [6, 6.07) is 0.445. The van der Waals surface area contributed by atoms with Crippen LogP contribution >= 0.6 is 0 Å². The van der Waals surface area contributed by atoms with E-state index >= 15 is 0 Å². The van der Waals surface area contributed by atoms with Crippen LogP contribution in [0.1, 0.15) is 32.1 Å². The molecule has 0 spiro atoms. The largest absolute Gasteiger partial charge is 0.468 e. The summed E-state index contributed by atoms with van der Waals surface area (Å²) in [5.74, 6) is 0.0405. The highest BCUT2D eigenvalue weighted by molar-refractivity contribution is 5.81. The first-order chi connectivity index (χ1) is 9.15. The molecule has 1 heterocycles. The Labute approximate surface area is 114 Å². The summed E-state index contributed by atoms with van der Waals surface area (Å²) in [5, 5.41) is 0. The predicted molar refractivity (Wildman–Crippen MR) is 70.6 cm³/mol. The number of hydrogen-bond donors (Lipinski definition) is 1. The van der Waals surface area contributed by atoms with Crippen LogP contribution in [-0.4, -0.2) is 55.4 Å². The first-order valence-corrected chi connectivity index (χ1v) is 7.38. The van der Waals surface area contributed by atoms with Crippen LogP contribution in [0.4, 0.5) is 0 Å². The van der Waals surface area contributed by atoms with Crippen molar-refractivity contribution in [1.29, 1.82) is 0 Å². The first kappa shape index (κ1) is 13.3. The molecule has 3 unspecified atom stereocenters. The van der Waals surface area contributed by atoms with Crippen LogP contribution in [-0.2, 0) is 14.3 Å². The lowest BCUT2D eigenvalue weighted by Crippen LogP contribution is -2.62. The van der Waals surface area contributed by atoms with E-state index in [4.69, 9.17) is 15.2 Å². The molecule has 3 atom stereocenters. The molecular weight excluding hydrogens is 244 g/mol. The van der Waals surface area contributed by atoms with Crippen LogP contribution in [0.15, 0.2) is 0 Å². The minimum atomic E-state index is -0.820. The van der Waals surface area contributed by atoms with E-state index in [-0.39, 0.29) is 5.97 Å². The number of morpholine rings is 1. The van der Waals surface area contributed by atoms with Gasteiger partial charge in [-0.3, -0.25) is 9.69 Å². The Bertz CT molecular complexity index is 359. The number of fused-ring (bicyclic) bond motifs is 1. The quantitative estimate of drug-likeness (QED) is 0.753. The van der Waals surface area contributed by atoms with Gasteiger partial charge in [0.25, 0.3) is 0 Å². The van der Waals surface area contributed by atoms with E-state index in [9.17, 15) is 4.79 Å². The number of ether oxygens (including phenoxy) is 2. The second kappa shape index (κ2) is 5.04. The molecule has 19 heavy (non-hydrogen) atoms. The van der Waals surface area contributed by atoms with Crippen LogP contribution < -0.4 is 5.73 Å². The highest BCUT2D eigenvalue weighted by Crippen LogP contribution is 2.41. The van der Waals surface area contributed by atoms with Gasteiger partial charge in [-0.2, -0.15) is 0 Å². The molecule has 2 aliphatic carbocycles. The minimum Gasteiger partial charge on any atom is -0.468 e. The number of esters is 1. The molecule has 5 nitrogen and oxygen atoms in total. The summed E-state index contributed by atoms with van der Waals surface area (Å²) >= 11 is 0. The third kappa shape index (κ3) is 2.39. The van der Waals surface area contributed by atoms with Gasteiger partial charge in [0.15, 0.2) is 0 Å². The highest BCUT2D eigenvalue weighted by atomic mass is 16.5. The van der Waals surface area contributed by atoms with Gasteiger partial charge in [0.05, 0.1) is 19.8 Å². The number of rotatable bonds is 4. The van der Waals surface area contributed by atoms with Crippen LogP contribution in [0.3, 0.4) is 0 Å². The van der Waals surface area contributed by atoms with Crippen molar-refractivity contribution in [3.63, 3.8) is 0 Å². The van der Waals surface area contributed by atoms with Crippen LogP contribution in [0.2, 0.25) is 0 Å². The van der Waals surface area contributed by atoms with Crippen molar-refractivity contribution < 1.29 is 14.3 Å². The Morgan fingerprint density at radius 3 is 2.89 bits per heavy atom. The zero-order valence-corrected chi connectivity index (χ0v) is 11.6. The van der Waals surface area contributed by atoms with Crippen molar-refractivity contribution in [2.45, 2.75) is 49.8 Å². The minimum absolute atomic E-state index is 0.254. The molecule has 0 aromatic heterocycles. The summed E-state index contributed by atoms with van der Waals surface area (Å²) in [4.78, 5) is 14.4. The van der Waals surface area contributed by atoms with Crippen LogP contribution in [0.25, 0.3) is 0 Å². The molecule has 5 heteroatoms. The fourth-order valence-corrected chi connectivity index (χ4v) is 3.69. The van der Waals surface area contributed by atoms with E-state index in [1.165, 1.54) is 13.5 Å². The molecule has 3 aliphatic rings. The monoisotopic (exact) mass is 268 g/mol. The second-order valence-corrected chi connectivity index (χ2v) is 6.18. The molecule has 0 aromatic rings. The number of methoxy groups -OCH3 is 1. The molecule has 2 N–H and O–H groups in total. The number of nitrogens with zero attached hydrogens (tertiary/aromatic N) is 1. The fraction of sp³-hybridized carbons (Fsp3) is 0.929. The van der Waals surface area contributed by atoms with Gasteiger partial charge in [-0.1, -0.05) is 0 Å². The summed E-state index contributed by atoms with van der Waals surface area (Å²) in [6.07, 6.45) is 5.95. The maximum absolute atomic E-state index is 12.1. The van der Waals surface area contributed by atoms with Crippen LogP contribution in [0, 0.1) is 5.92 Å². The van der Waals surface area contributed by atoms with E-state index in [0.717, 1.165) is 38.8 Å². The second-order valence-electron chi connectivity index (χ2n) is 6.18. The van der Waals surface area contributed by atoms with E-state index in [2.05, 4.69) is 4.90 Å². The summed E-state index contributed by atoms with van der Waals surface area (Å²) < 4.78 is 10.8. The average Bonchev–Trinajstić information content (AvgIpc) is 3.17. The number of carbonyl (C=O) groups is 1. The molecule has 3 rings (SSSR count). The van der Waals surface area contributed by atoms with Gasteiger partial charge >= 0.3 is 5.97 Å². The molecule has 1 saturated heterocycles. The molecule has 0 bridgehead atoms. The fourth-order valence-electron chi connectivity index (χ4n) is 3.69. The molecule has 108 valence electrons. The summed E-state index contributed by atoms with van der Waals surface area (Å²) in [7, 11) is 1.43. The zero-order chi connectivity index (χ0) is 13.5. The van der Waals surface area contributed by atoms with Crippen LogP contribution in [0.5, 0.6) is 0 Å². The molecule has 2 saturated carbocycles. The summed E-state index contributed by atoms with van der Waals surface area (Å²) in [5.41, 5.74) is 5.59. The average molecular weight is 268 g/mol. The normalized spacial score (nSPS) is 34.6. The van der Waals surface area contributed by atoms with Crippen molar-refractivity contribution in [2.24, 2.45) is 11.7 Å². The van der Waals surface area contributed by atoms with Crippen molar-refractivity contribution in [3.8, 4) is 0 Å². The molecule has 0 amide bonds. The standard InChI is InChI=1S/C14H24N2O3/c1-18-13(17)14(15,10-5-6-10)9-16-7-8-19-12-4-2-3-11(12)16/h10-12H,2-9,15H2,1H3. The van der Waals surface area contributed by atoms with Gasteiger partial charge < -0.3 is 15.2 Å². The Hall–Kier alpha value is -0.650. The molecule has 3 fully saturated rings. The number of hydrogen-bond acceptors (Lipinski definition) is 5. The number of carbonyl (C=O) groups excluding carboxylic acids is 1. The maximum atomic E-state index is 12.1. The van der Waals surface area contributed by atoms with E-state index in [0.29, 0.717) is 24.6 Å². The Morgan fingerprint density at radius 2 is 2.21 bits per heavy atom. The first-order valence-electron chi connectivity index (χ1n) is 7.38. The topological polar surface area (TPSA) is 64.8 Å². The lowest BCUT2D eigenvalue weighted by atomic mass is 9.92. The maximum Gasteiger partial charge on any atom is 0.327 e. The predicted octanol–water partition coefficient (Wildman–Crippen LogP) is 0.520. The van der Waals surface area contributed by atoms with Crippen molar-refractivity contribution in [1.82, 2.24) is 4.90 Å². The van der Waals surface area contributed by atoms with Gasteiger partial charge in [0, 0.05) is 19.1 Å². The Morgan fingerprint density at radius 1 is 1.42 bits per heavy atom. The van der Waals surface area contributed by atoms with Gasteiger partial charge in [0.1, 0.15) is 5.54 Å². The summed E-state index contributed by atoms with van der Waals surface area (Å²) in [6.45, 7) is 2.25.